The number of benzene rings is 2. The average molecular weight is 412 g/mol. The van der Waals surface area contributed by atoms with Gasteiger partial charge in [0.1, 0.15) is 11.0 Å². The second kappa shape index (κ2) is 9.60. The highest BCUT2D eigenvalue weighted by molar-refractivity contribution is 8.15. The van der Waals surface area contributed by atoms with Crippen LogP contribution in [0, 0.1) is 0 Å². The Balaban J connectivity index is 1.67. The van der Waals surface area contributed by atoms with E-state index in [0.717, 1.165) is 29.7 Å². The number of nitrogens with zero attached hydrogens (tertiary/aromatic N) is 1. The lowest BCUT2D eigenvalue weighted by Crippen LogP contribution is -2.28. The van der Waals surface area contributed by atoms with Crippen LogP contribution in [0.3, 0.4) is 0 Å². The quantitative estimate of drug-likeness (QED) is 0.720. The smallest absolute Gasteiger partial charge is 0.240 e. The maximum Gasteiger partial charge on any atom is 0.240 e. The zero-order valence-corrected chi connectivity index (χ0v) is 17.6. The van der Waals surface area contributed by atoms with Crippen LogP contribution >= 0.6 is 11.8 Å². The Bertz CT molecular complexity index is 903. The molecule has 2 aromatic rings. The number of carbonyl (C=O) groups excluding carboxylic acids is 2. The first-order valence-electron chi connectivity index (χ1n) is 9.64. The zero-order chi connectivity index (χ0) is 20.8. The third-order valence-corrected chi connectivity index (χ3v) is 5.78. The van der Waals surface area contributed by atoms with Crippen molar-refractivity contribution in [2.24, 2.45) is 4.99 Å². The van der Waals surface area contributed by atoms with Gasteiger partial charge < -0.3 is 15.4 Å². The molecule has 6 nitrogen and oxygen atoms in total. The molecule has 2 aromatic carbocycles. The molecule has 1 heterocycles. The van der Waals surface area contributed by atoms with Gasteiger partial charge in [0.2, 0.25) is 11.8 Å². The number of para-hydroxylation sites is 1. The summed E-state index contributed by atoms with van der Waals surface area (Å²) in [7, 11) is 1.59. The molecular weight excluding hydrogens is 386 g/mol. The van der Waals surface area contributed by atoms with Gasteiger partial charge in [-0.2, -0.15) is 0 Å². The Morgan fingerprint density at radius 2 is 1.79 bits per heavy atom. The Labute approximate surface area is 175 Å². The summed E-state index contributed by atoms with van der Waals surface area (Å²) in [6.45, 7) is 4.18. The summed E-state index contributed by atoms with van der Waals surface area (Å²) in [6.07, 6.45) is 1.82. The van der Waals surface area contributed by atoms with Gasteiger partial charge in [-0.25, -0.2) is 4.99 Å². The number of amidine groups is 1. The van der Waals surface area contributed by atoms with Crippen LogP contribution in [0.5, 0.6) is 5.75 Å². The van der Waals surface area contributed by atoms with Gasteiger partial charge in [0, 0.05) is 12.1 Å². The van der Waals surface area contributed by atoms with Gasteiger partial charge in [-0.05, 0) is 48.2 Å². The van der Waals surface area contributed by atoms with E-state index in [9.17, 15) is 9.59 Å². The Hall–Kier alpha value is -2.80. The molecule has 1 saturated heterocycles. The van der Waals surface area contributed by atoms with Crippen molar-refractivity contribution in [3.8, 4) is 5.75 Å². The second-order valence-corrected chi connectivity index (χ2v) is 7.82. The van der Waals surface area contributed by atoms with Crippen molar-refractivity contribution < 1.29 is 14.3 Å². The summed E-state index contributed by atoms with van der Waals surface area (Å²) in [5.74, 6) is 0.311. The number of rotatable bonds is 7. The van der Waals surface area contributed by atoms with Crippen LogP contribution in [0.4, 0.5) is 11.4 Å². The zero-order valence-electron chi connectivity index (χ0n) is 16.8. The monoisotopic (exact) mass is 411 g/mol. The molecule has 0 radical (unpaired) electrons. The first kappa shape index (κ1) is 20.9. The van der Waals surface area contributed by atoms with Crippen LogP contribution in [-0.2, 0) is 22.4 Å². The molecule has 2 N–H and O–H groups in total. The van der Waals surface area contributed by atoms with Gasteiger partial charge in [-0.3, -0.25) is 9.59 Å². The Morgan fingerprint density at radius 3 is 2.38 bits per heavy atom. The molecular formula is C22H25N3O3S. The van der Waals surface area contributed by atoms with Crippen molar-refractivity contribution in [2.45, 2.75) is 38.4 Å². The molecule has 0 aliphatic carbocycles. The largest absolute Gasteiger partial charge is 0.497 e. The number of hydrogen-bond donors (Lipinski definition) is 2. The Kier molecular flexibility index (Phi) is 6.93. The standard InChI is InChI=1S/C22H25N3O3S/c1-4-14-7-6-8-15(5-2)20(14)24-22-25-21(27)18(29-22)13-19(26)23-16-9-11-17(28-3)12-10-16/h6-12,18H,4-5,13H2,1-3H3,(H,23,26)(H,24,25,27)/t18-/m0/s1. The van der Waals surface area contributed by atoms with Crippen molar-refractivity contribution >= 4 is 40.1 Å². The Morgan fingerprint density at radius 1 is 1.14 bits per heavy atom. The number of amides is 2. The fraction of sp³-hybridized carbons (Fsp3) is 0.318. The molecule has 3 rings (SSSR count). The molecule has 2 amide bonds. The van der Waals surface area contributed by atoms with Crippen LogP contribution in [0.1, 0.15) is 31.4 Å². The van der Waals surface area contributed by atoms with Gasteiger partial charge >= 0.3 is 0 Å². The lowest BCUT2D eigenvalue weighted by atomic mass is 10.0. The normalized spacial score (nSPS) is 17.3. The minimum atomic E-state index is -0.495. The highest BCUT2D eigenvalue weighted by Crippen LogP contribution is 2.30. The summed E-state index contributed by atoms with van der Waals surface area (Å²) >= 11 is 1.31. The number of aliphatic imine (C=N–C) groups is 1. The van der Waals surface area contributed by atoms with Crippen LogP contribution in [0.25, 0.3) is 0 Å². The molecule has 0 spiro atoms. The number of ether oxygens (including phenoxy) is 1. The van der Waals surface area contributed by atoms with Crippen molar-refractivity contribution in [2.75, 3.05) is 12.4 Å². The minimum Gasteiger partial charge on any atom is -0.497 e. The molecule has 29 heavy (non-hydrogen) atoms. The first-order valence-corrected chi connectivity index (χ1v) is 10.5. The molecule has 0 unspecified atom stereocenters. The van der Waals surface area contributed by atoms with Gasteiger partial charge in [0.15, 0.2) is 5.17 Å². The van der Waals surface area contributed by atoms with Crippen molar-refractivity contribution in [3.05, 3.63) is 53.6 Å². The number of nitrogens with one attached hydrogen (secondary N) is 2. The van der Waals surface area contributed by atoms with Gasteiger partial charge in [-0.1, -0.05) is 43.8 Å². The number of aryl methyl sites for hydroxylation is 2. The van der Waals surface area contributed by atoms with E-state index >= 15 is 0 Å². The fourth-order valence-electron chi connectivity index (χ4n) is 3.11. The summed E-state index contributed by atoms with van der Waals surface area (Å²) in [4.78, 5) is 29.4. The molecule has 0 bridgehead atoms. The minimum absolute atomic E-state index is 0.0810. The highest BCUT2D eigenvalue weighted by Gasteiger charge is 2.32. The molecule has 1 fully saturated rings. The average Bonchev–Trinajstić information content (AvgIpc) is 3.07. The summed E-state index contributed by atoms with van der Waals surface area (Å²) in [5.41, 5.74) is 3.88. The van der Waals surface area contributed by atoms with Crippen molar-refractivity contribution in [1.82, 2.24) is 5.32 Å². The third kappa shape index (κ3) is 5.17. The van der Waals surface area contributed by atoms with E-state index in [0.29, 0.717) is 16.6 Å². The fourth-order valence-corrected chi connectivity index (χ4v) is 4.08. The van der Waals surface area contributed by atoms with Crippen LogP contribution in [-0.4, -0.2) is 29.3 Å². The SMILES string of the molecule is CCc1cccc(CC)c1N=C1NC(=O)[C@H](CC(=O)Nc2ccc(OC)cc2)S1. The van der Waals surface area contributed by atoms with E-state index in [1.54, 1.807) is 31.4 Å². The van der Waals surface area contributed by atoms with E-state index in [4.69, 9.17) is 9.73 Å². The molecule has 0 saturated carbocycles. The predicted octanol–water partition coefficient (Wildman–Crippen LogP) is 4.07. The highest BCUT2D eigenvalue weighted by atomic mass is 32.2. The molecule has 0 aromatic heterocycles. The van der Waals surface area contributed by atoms with Gasteiger partial charge in [-0.15, -0.1) is 0 Å². The summed E-state index contributed by atoms with van der Waals surface area (Å²) in [6, 6.07) is 13.2. The number of carbonyl (C=O) groups is 2. The lowest BCUT2D eigenvalue weighted by molar-refractivity contribution is -0.122. The van der Waals surface area contributed by atoms with Crippen LogP contribution in [0.2, 0.25) is 0 Å². The summed E-state index contributed by atoms with van der Waals surface area (Å²) in [5, 5.41) is 5.69. The van der Waals surface area contributed by atoms with Crippen molar-refractivity contribution in [1.29, 1.82) is 0 Å². The predicted molar refractivity (Wildman–Crippen MR) is 118 cm³/mol. The maximum atomic E-state index is 12.4. The molecule has 1 aliphatic heterocycles. The molecule has 1 atom stereocenters. The first-order chi connectivity index (χ1) is 14.0. The molecule has 7 heteroatoms. The van der Waals surface area contributed by atoms with Gasteiger partial charge in [0.25, 0.3) is 0 Å². The number of thioether (sulfide) groups is 1. The van der Waals surface area contributed by atoms with E-state index in [-0.39, 0.29) is 18.2 Å². The van der Waals surface area contributed by atoms with E-state index < -0.39 is 5.25 Å². The number of methoxy groups -OCH3 is 1. The topological polar surface area (TPSA) is 79.8 Å². The summed E-state index contributed by atoms with van der Waals surface area (Å²) < 4.78 is 5.11. The van der Waals surface area contributed by atoms with Crippen molar-refractivity contribution in [3.63, 3.8) is 0 Å². The number of anilines is 1. The van der Waals surface area contributed by atoms with Gasteiger partial charge in [0.05, 0.1) is 12.8 Å². The second-order valence-electron chi connectivity index (χ2n) is 6.63. The maximum absolute atomic E-state index is 12.4. The van der Waals surface area contributed by atoms with E-state index in [1.807, 2.05) is 6.07 Å². The number of hydrogen-bond acceptors (Lipinski definition) is 5. The van der Waals surface area contributed by atoms with Crippen LogP contribution in [0.15, 0.2) is 47.5 Å². The van der Waals surface area contributed by atoms with E-state index in [2.05, 4.69) is 36.6 Å². The third-order valence-electron chi connectivity index (χ3n) is 4.70. The van der Waals surface area contributed by atoms with E-state index in [1.165, 1.54) is 11.8 Å². The lowest BCUT2D eigenvalue weighted by Gasteiger charge is -2.09. The molecule has 152 valence electrons. The van der Waals surface area contributed by atoms with Crippen LogP contribution < -0.4 is 15.4 Å². The molecule has 1 aliphatic rings.